The number of aromatic nitrogens is 2. The van der Waals surface area contributed by atoms with Crippen molar-refractivity contribution >= 4 is 17.1 Å². The first-order chi connectivity index (χ1) is 13.4. The number of carbonyl (C=O) groups is 1. The maximum absolute atomic E-state index is 12.3. The minimum atomic E-state index is -0.458. The fourth-order valence-corrected chi connectivity index (χ4v) is 3.87. The number of hydrogen-bond acceptors (Lipinski definition) is 4. The van der Waals surface area contributed by atoms with Gasteiger partial charge in [0.2, 0.25) is 0 Å². The van der Waals surface area contributed by atoms with Crippen LogP contribution < -0.4 is 0 Å². The van der Waals surface area contributed by atoms with E-state index in [-0.39, 0.29) is 6.09 Å². The van der Waals surface area contributed by atoms with Crippen molar-refractivity contribution in [2.24, 2.45) is 0 Å². The van der Waals surface area contributed by atoms with Crippen molar-refractivity contribution in [3.63, 3.8) is 0 Å². The molecule has 4 rings (SSSR count). The highest BCUT2D eigenvalue weighted by Crippen LogP contribution is 2.34. The molecule has 0 N–H and O–H groups in total. The van der Waals surface area contributed by atoms with E-state index in [1.165, 1.54) is 10.9 Å². The minimum Gasteiger partial charge on any atom is -0.472 e. The van der Waals surface area contributed by atoms with Gasteiger partial charge in [-0.25, -0.2) is 9.78 Å². The Balaban J connectivity index is 1.52. The summed E-state index contributed by atoms with van der Waals surface area (Å²) < 4.78 is 12.9. The highest BCUT2D eigenvalue weighted by molar-refractivity contribution is 5.81. The zero-order chi connectivity index (χ0) is 19.7. The van der Waals surface area contributed by atoms with Crippen LogP contribution in [0.25, 0.3) is 11.0 Å². The molecule has 28 heavy (non-hydrogen) atoms. The topological polar surface area (TPSA) is 60.5 Å². The van der Waals surface area contributed by atoms with Gasteiger partial charge in [-0.1, -0.05) is 0 Å². The van der Waals surface area contributed by atoms with Crippen molar-refractivity contribution in [3.8, 4) is 0 Å². The summed E-state index contributed by atoms with van der Waals surface area (Å²) in [7, 11) is 0. The van der Waals surface area contributed by atoms with E-state index in [1.54, 1.807) is 12.5 Å². The third-order valence-corrected chi connectivity index (χ3v) is 5.18. The monoisotopic (exact) mass is 381 g/mol. The van der Waals surface area contributed by atoms with E-state index in [0.717, 1.165) is 30.6 Å². The largest absolute Gasteiger partial charge is 0.472 e. The Kier molecular flexibility index (Phi) is 4.87. The van der Waals surface area contributed by atoms with Crippen molar-refractivity contribution in [2.75, 3.05) is 13.1 Å². The lowest BCUT2D eigenvalue weighted by molar-refractivity contribution is 0.0205. The molecule has 0 saturated carbocycles. The van der Waals surface area contributed by atoms with Gasteiger partial charge in [-0.05, 0) is 63.3 Å². The van der Waals surface area contributed by atoms with Crippen molar-refractivity contribution in [2.45, 2.75) is 51.7 Å². The van der Waals surface area contributed by atoms with E-state index in [4.69, 9.17) is 9.15 Å². The average molecular weight is 381 g/mol. The Morgan fingerprint density at radius 1 is 1.29 bits per heavy atom. The number of likely N-dealkylation sites (tertiary alicyclic amines) is 1. The number of fused-ring (bicyclic) bond motifs is 1. The number of furan rings is 1. The molecule has 1 saturated heterocycles. The van der Waals surface area contributed by atoms with Crippen molar-refractivity contribution in [1.82, 2.24) is 14.5 Å². The molecule has 1 aliphatic heterocycles. The smallest absolute Gasteiger partial charge is 0.410 e. The van der Waals surface area contributed by atoms with Gasteiger partial charge in [0.25, 0.3) is 0 Å². The zero-order valence-electron chi connectivity index (χ0n) is 16.7. The molecular weight excluding hydrogens is 354 g/mol. The van der Waals surface area contributed by atoms with Crippen LogP contribution in [0.15, 0.2) is 47.5 Å². The van der Waals surface area contributed by atoms with Crippen molar-refractivity contribution in [3.05, 3.63) is 54.2 Å². The van der Waals surface area contributed by atoms with E-state index in [0.29, 0.717) is 19.0 Å². The molecular formula is C22H27N3O3. The summed E-state index contributed by atoms with van der Waals surface area (Å²) in [5.74, 6) is 0.413. The minimum absolute atomic E-state index is 0.213. The third kappa shape index (κ3) is 3.91. The molecule has 148 valence electrons. The Labute approximate surface area is 165 Å². The number of amides is 1. The van der Waals surface area contributed by atoms with Crippen LogP contribution in [0.2, 0.25) is 0 Å². The summed E-state index contributed by atoms with van der Waals surface area (Å²) in [6, 6.07) is 6.11. The summed E-state index contributed by atoms with van der Waals surface area (Å²) in [5.41, 5.74) is 2.97. The van der Waals surface area contributed by atoms with Gasteiger partial charge >= 0.3 is 6.09 Å². The molecule has 0 unspecified atom stereocenters. The van der Waals surface area contributed by atoms with Gasteiger partial charge in [0, 0.05) is 36.4 Å². The number of ether oxygens (including phenoxy) is 1. The first-order valence-corrected chi connectivity index (χ1v) is 9.83. The highest BCUT2D eigenvalue weighted by Gasteiger charge is 2.29. The van der Waals surface area contributed by atoms with Crippen molar-refractivity contribution in [1.29, 1.82) is 0 Å². The number of pyridine rings is 1. The zero-order valence-corrected chi connectivity index (χ0v) is 16.7. The second-order valence-corrected chi connectivity index (χ2v) is 8.46. The molecule has 6 nitrogen and oxygen atoms in total. The summed E-state index contributed by atoms with van der Waals surface area (Å²) >= 11 is 0. The lowest BCUT2D eigenvalue weighted by Gasteiger charge is -2.33. The molecule has 6 heteroatoms. The molecule has 1 fully saturated rings. The molecule has 0 atom stereocenters. The van der Waals surface area contributed by atoms with E-state index < -0.39 is 5.60 Å². The van der Waals surface area contributed by atoms with Crippen LogP contribution in [0.1, 0.15) is 50.7 Å². The van der Waals surface area contributed by atoms with Gasteiger partial charge in [-0.2, -0.15) is 0 Å². The van der Waals surface area contributed by atoms with Gasteiger partial charge in [0.15, 0.2) is 0 Å². The van der Waals surface area contributed by atoms with Gasteiger partial charge < -0.3 is 18.6 Å². The normalized spacial score (nSPS) is 15.9. The fourth-order valence-electron chi connectivity index (χ4n) is 3.87. The molecule has 3 aromatic heterocycles. The molecule has 1 amide bonds. The van der Waals surface area contributed by atoms with Crippen LogP contribution in [0.4, 0.5) is 4.79 Å². The number of carbonyl (C=O) groups excluding carboxylic acids is 1. The fraction of sp³-hybridized carbons (Fsp3) is 0.455. The molecule has 0 radical (unpaired) electrons. The van der Waals surface area contributed by atoms with Gasteiger partial charge in [-0.3, -0.25) is 0 Å². The van der Waals surface area contributed by atoms with Crippen LogP contribution >= 0.6 is 0 Å². The summed E-state index contributed by atoms with van der Waals surface area (Å²) in [4.78, 5) is 18.8. The Morgan fingerprint density at radius 2 is 2.07 bits per heavy atom. The SMILES string of the molecule is CC(C)(C)OC(=O)N1CCC(c2cn(Cc3ccoc3)c3ncccc23)CC1. The van der Waals surface area contributed by atoms with Crippen LogP contribution in [-0.4, -0.2) is 39.2 Å². The number of hydrogen-bond donors (Lipinski definition) is 0. The van der Waals surface area contributed by atoms with Crippen LogP contribution in [0, 0.1) is 0 Å². The van der Waals surface area contributed by atoms with E-state index in [9.17, 15) is 4.79 Å². The van der Waals surface area contributed by atoms with E-state index in [1.807, 2.05) is 44.0 Å². The predicted molar refractivity (Wildman–Crippen MR) is 107 cm³/mol. The molecule has 0 bridgehead atoms. The van der Waals surface area contributed by atoms with E-state index in [2.05, 4.69) is 21.8 Å². The Bertz CT molecular complexity index is 945. The lowest BCUT2D eigenvalue weighted by atomic mass is 9.90. The molecule has 0 spiro atoms. The first kappa shape index (κ1) is 18.6. The number of rotatable bonds is 3. The summed E-state index contributed by atoms with van der Waals surface area (Å²) in [6.07, 6.45) is 9.17. The quantitative estimate of drug-likeness (QED) is 0.654. The second-order valence-electron chi connectivity index (χ2n) is 8.46. The molecule has 4 heterocycles. The number of nitrogens with zero attached hydrogens (tertiary/aromatic N) is 3. The van der Waals surface area contributed by atoms with Crippen LogP contribution in [0.3, 0.4) is 0 Å². The Hall–Kier alpha value is -2.76. The first-order valence-electron chi connectivity index (χ1n) is 9.83. The van der Waals surface area contributed by atoms with Gasteiger partial charge in [0.1, 0.15) is 11.2 Å². The molecule has 1 aliphatic rings. The highest BCUT2D eigenvalue weighted by atomic mass is 16.6. The van der Waals surface area contributed by atoms with E-state index >= 15 is 0 Å². The second kappa shape index (κ2) is 7.34. The van der Waals surface area contributed by atoms with Crippen molar-refractivity contribution < 1.29 is 13.9 Å². The molecule has 0 aliphatic carbocycles. The Morgan fingerprint density at radius 3 is 2.75 bits per heavy atom. The maximum atomic E-state index is 12.3. The predicted octanol–water partition coefficient (Wildman–Crippen LogP) is 4.79. The standard InChI is InChI=1S/C22H27N3O3/c1-22(2,3)28-21(26)24-10-6-17(7-11-24)19-14-25(13-16-8-12-27-15-16)20-18(19)5-4-9-23-20/h4-5,8-9,12,14-15,17H,6-7,10-11,13H2,1-3H3. The molecule has 3 aromatic rings. The van der Waals surface area contributed by atoms with Gasteiger partial charge in [-0.15, -0.1) is 0 Å². The number of piperidine rings is 1. The average Bonchev–Trinajstić information content (AvgIpc) is 3.29. The van der Waals surface area contributed by atoms with Crippen LogP contribution in [-0.2, 0) is 11.3 Å². The van der Waals surface area contributed by atoms with Crippen LogP contribution in [0.5, 0.6) is 0 Å². The van der Waals surface area contributed by atoms with Gasteiger partial charge in [0.05, 0.1) is 19.1 Å². The summed E-state index contributed by atoms with van der Waals surface area (Å²) in [6.45, 7) is 7.88. The lowest BCUT2D eigenvalue weighted by Crippen LogP contribution is -2.41. The third-order valence-electron chi connectivity index (χ3n) is 5.18. The maximum Gasteiger partial charge on any atom is 0.410 e. The summed E-state index contributed by atoms with van der Waals surface area (Å²) in [5, 5.41) is 1.20. The molecule has 0 aromatic carbocycles.